The lowest BCUT2D eigenvalue weighted by Crippen LogP contribution is -2.53. The minimum absolute atomic E-state index is 0.115. The lowest BCUT2D eigenvalue weighted by molar-refractivity contribution is -0.405. The summed E-state index contributed by atoms with van der Waals surface area (Å²) in [5, 5.41) is 0. The average molecular weight is 390 g/mol. The Morgan fingerprint density at radius 1 is 0.885 bits per heavy atom. The number of hydrogen-bond acceptors (Lipinski definition) is 10. The number of carbonyl (C=O) groups excluding carboxylic acids is 3. The molecule has 1 unspecified atom stereocenters. The third kappa shape index (κ3) is 7.32. The Labute approximate surface area is 150 Å². The van der Waals surface area contributed by atoms with E-state index in [4.69, 9.17) is 14.2 Å². The van der Waals surface area contributed by atoms with Crippen molar-refractivity contribution in [3.05, 3.63) is 36.5 Å². The maximum absolute atomic E-state index is 11.9. The molecule has 0 aliphatic heterocycles. The van der Waals surface area contributed by atoms with Gasteiger partial charge in [0.25, 0.3) is 0 Å². The Bertz CT molecular complexity index is 659. The Morgan fingerprint density at radius 2 is 1.23 bits per heavy atom. The van der Waals surface area contributed by atoms with E-state index in [9.17, 15) is 28.7 Å². The monoisotopic (exact) mass is 390 g/mol. The maximum Gasteiger partial charge on any atom is 0.419 e. The zero-order valence-corrected chi connectivity index (χ0v) is 15.6. The van der Waals surface area contributed by atoms with Crippen LogP contribution in [0.4, 0.5) is 0 Å². The van der Waals surface area contributed by atoms with Gasteiger partial charge >= 0.3 is 23.9 Å². The molecule has 0 saturated heterocycles. The Balaban J connectivity index is 6.17. The van der Waals surface area contributed by atoms with Gasteiger partial charge in [-0.25, -0.2) is 14.4 Å². The largest absolute Gasteiger partial charge is 0.790 e. The van der Waals surface area contributed by atoms with Crippen molar-refractivity contribution in [3.63, 3.8) is 0 Å². The van der Waals surface area contributed by atoms with Crippen molar-refractivity contribution in [2.24, 2.45) is 0 Å². The van der Waals surface area contributed by atoms with Gasteiger partial charge in [-0.2, -0.15) is 0 Å². The van der Waals surface area contributed by atoms with Crippen molar-refractivity contribution in [1.82, 2.24) is 0 Å². The molecule has 0 rings (SSSR count). The molecule has 0 saturated carbocycles. The first kappa shape index (κ1) is 23.7. The van der Waals surface area contributed by atoms with Gasteiger partial charge in [0.15, 0.2) is 0 Å². The van der Waals surface area contributed by atoms with Crippen molar-refractivity contribution in [2.45, 2.75) is 39.8 Å². The van der Waals surface area contributed by atoms with E-state index in [0.717, 1.165) is 6.92 Å². The van der Waals surface area contributed by atoms with Gasteiger partial charge in [0.2, 0.25) is 6.10 Å². The van der Waals surface area contributed by atoms with E-state index in [2.05, 4.69) is 24.3 Å². The van der Waals surface area contributed by atoms with Crippen LogP contribution in [0.3, 0.4) is 0 Å². The molecule has 0 aromatic carbocycles. The predicted octanol–water partition coefficient (Wildman–Crippen LogP) is 0.232. The molecule has 0 aliphatic carbocycles. The van der Waals surface area contributed by atoms with Crippen molar-refractivity contribution in [1.29, 1.82) is 0 Å². The molecule has 0 radical (unpaired) electrons. The molecule has 0 aromatic heterocycles. The summed E-state index contributed by atoms with van der Waals surface area (Å²) in [6.45, 7) is 14.4. The number of carbonyl (C=O) groups is 3. The quantitative estimate of drug-likeness (QED) is 0.231. The molecular formula is C15H19O10P-2. The second kappa shape index (κ2) is 8.91. The summed E-state index contributed by atoms with van der Waals surface area (Å²) in [4.78, 5) is 57.7. The molecule has 1 atom stereocenters. The molecule has 0 aromatic rings. The average Bonchev–Trinajstić information content (AvgIpc) is 2.44. The van der Waals surface area contributed by atoms with Gasteiger partial charge in [0.1, 0.15) is 0 Å². The number of phosphoric acid groups is 1. The van der Waals surface area contributed by atoms with Gasteiger partial charge < -0.3 is 28.6 Å². The SMILES string of the molecule is C=C(C)C(=O)OC(C)C(OC(=O)C(=C)C)(OC(=O)C(=C)C)OP(=O)([O-])[O-]. The first-order valence-corrected chi connectivity index (χ1v) is 8.44. The summed E-state index contributed by atoms with van der Waals surface area (Å²) in [5.41, 5.74) is -0.626. The van der Waals surface area contributed by atoms with Crippen molar-refractivity contribution >= 4 is 25.7 Å². The van der Waals surface area contributed by atoms with E-state index >= 15 is 0 Å². The number of hydrogen-bond donors (Lipinski definition) is 0. The van der Waals surface area contributed by atoms with Gasteiger partial charge in [0, 0.05) is 16.7 Å². The molecule has 11 heteroatoms. The second-order valence-corrected chi connectivity index (χ2v) is 6.39. The number of esters is 3. The molecule has 0 heterocycles. The zero-order chi connectivity index (χ0) is 20.9. The molecule has 0 N–H and O–H groups in total. The first-order valence-electron chi connectivity index (χ1n) is 6.98. The van der Waals surface area contributed by atoms with Crippen molar-refractivity contribution in [2.75, 3.05) is 0 Å². The van der Waals surface area contributed by atoms with Crippen LogP contribution in [0, 0.1) is 0 Å². The fourth-order valence-corrected chi connectivity index (χ4v) is 1.75. The topological polar surface area (TPSA) is 151 Å². The summed E-state index contributed by atoms with van der Waals surface area (Å²) in [5.74, 6) is -6.86. The highest BCUT2D eigenvalue weighted by Crippen LogP contribution is 2.39. The smallest absolute Gasteiger partial charge is 0.419 e. The fourth-order valence-electron chi connectivity index (χ4n) is 1.22. The first-order chi connectivity index (χ1) is 11.6. The van der Waals surface area contributed by atoms with E-state index in [1.807, 2.05) is 0 Å². The molecule has 26 heavy (non-hydrogen) atoms. The summed E-state index contributed by atoms with van der Waals surface area (Å²) in [7, 11) is -5.91. The molecule has 10 nitrogen and oxygen atoms in total. The number of ether oxygens (including phenoxy) is 3. The van der Waals surface area contributed by atoms with Crippen LogP contribution in [0.25, 0.3) is 0 Å². The van der Waals surface area contributed by atoms with Crippen LogP contribution in [0.15, 0.2) is 36.5 Å². The molecular weight excluding hydrogens is 371 g/mol. The van der Waals surface area contributed by atoms with E-state index < -0.39 is 37.8 Å². The number of phosphoric ester groups is 1. The highest BCUT2D eigenvalue weighted by atomic mass is 31.2. The van der Waals surface area contributed by atoms with E-state index in [-0.39, 0.29) is 16.7 Å². The molecule has 0 bridgehead atoms. The third-order valence-electron chi connectivity index (χ3n) is 2.54. The molecule has 0 spiro atoms. The molecule has 0 amide bonds. The molecule has 0 fully saturated rings. The normalized spacial score (nSPS) is 12.5. The Morgan fingerprint density at radius 3 is 1.50 bits per heavy atom. The van der Waals surface area contributed by atoms with E-state index in [1.54, 1.807) is 0 Å². The van der Waals surface area contributed by atoms with Gasteiger partial charge in [-0.15, -0.1) is 0 Å². The summed E-state index contributed by atoms with van der Waals surface area (Å²) < 4.78 is 29.6. The Kier molecular flexibility index (Phi) is 8.13. The summed E-state index contributed by atoms with van der Waals surface area (Å²) in [6.07, 6.45) is -1.88. The van der Waals surface area contributed by atoms with Crippen LogP contribution in [-0.2, 0) is 37.7 Å². The Hall–Kier alpha value is -2.26. The van der Waals surface area contributed by atoms with Gasteiger partial charge in [0.05, 0.1) is 7.82 Å². The minimum atomic E-state index is -5.91. The van der Waals surface area contributed by atoms with E-state index in [1.165, 1.54) is 20.8 Å². The van der Waals surface area contributed by atoms with Crippen LogP contribution in [0.1, 0.15) is 27.7 Å². The van der Waals surface area contributed by atoms with Crippen LogP contribution < -0.4 is 9.79 Å². The van der Waals surface area contributed by atoms with Crippen LogP contribution in [0.2, 0.25) is 0 Å². The minimum Gasteiger partial charge on any atom is -0.790 e. The molecule has 0 aliphatic rings. The zero-order valence-electron chi connectivity index (χ0n) is 14.7. The summed E-state index contributed by atoms with van der Waals surface area (Å²) in [6, 6.07) is 0. The summed E-state index contributed by atoms with van der Waals surface area (Å²) >= 11 is 0. The predicted molar refractivity (Wildman–Crippen MR) is 83.6 cm³/mol. The van der Waals surface area contributed by atoms with Gasteiger partial charge in [-0.05, 0) is 27.7 Å². The highest BCUT2D eigenvalue weighted by molar-refractivity contribution is 7.43. The lowest BCUT2D eigenvalue weighted by atomic mass is 10.3. The highest BCUT2D eigenvalue weighted by Gasteiger charge is 2.50. The second-order valence-electron chi connectivity index (χ2n) is 5.31. The van der Waals surface area contributed by atoms with Crippen LogP contribution in [-0.4, -0.2) is 30.0 Å². The van der Waals surface area contributed by atoms with E-state index in [0.29, 0.717) is 0 Å². The van der Waals surface area contributed by atoms with Crippen molar-refractivity contribution in [3.8, 4) is 0 Å². The maximum atomic E-state index is 11.9. The van der Waals surface area contributed by atoms with Crippen molar-refractivity contribution < 1.29 is 47.5 Å². The molecule has 146 valence electrons. The standard InChI is InChI=1S/C15H21O10P/c1-8(2)12(16)22-11(7)15(25-26(19,20)21,23-13(17)9(3)4)24-14(18)10(5)6/h11H,1,3,5H2,2,4,6-7H3,(H2,19,20,21)/p-2. The fraction of sp³-hybridized carbons (Fsp3) is 0.400. The van der Waals surface area contributed by atoms with Crippen LogP contribution in [0.5, 0.6) is 0 Å². The van der Waals surface area contributed by atoms with Gasteiger partial charge in [-0.3, -0.25) is 4.52 Å². The lowest BCUT2D eigenvalue weighted by Gasteiger charge is -2.42. The van der Waals surface area contributed by atoms with Gasteiger partial charge in [-0.1, -0.05) is 19.7 Å². The third-order valence-corrected chi connectivity index (χ3v) is 3.01. The van der Waals surface area contributed by atoms with Crippen LogP contribution >= 0.6 is 7.82 Å². The number of rotatable bonds is 9.